The Labute approximate surface area is 166 Å². The van der Waals surface area contributed by atoms with Crippen LogP contribution < -0.4 is 14.8 Å². The van der Waals surface area contributed by atoms with E-state index >= 15 is 0 Å². The second-order valence-electron chi connectivity index (χ2n) is 9.79. The molecule has 4 aliphatic carbocycles. The quantitative estimate of drug-likeness (QED) is 0.639. The van der Waals surface area contributed by atoms with Gasteiger partial charge in [0.1, 0.15) is 0 Å². The van der Waals surface area contributed by atoms with Gasteiger partial charge in [0.05, 0.1) is 13.7 Å². The van der Waals surface area contributed by atoms with Gasteiger partial charge >= 0.3 is 0 Å². The molecule has 4 saturated carbocycles. The van der Waals surface area contributed by atoms with Crippen molar-refractivity contribution in [3.05, 3.63) is 22.2 Å². The third-order valence-electron chi connectivity index (χ3n) is 6.89. The van der Waals surface area contributed by atoms with E-state index in [4.69, 9.17) is 9.47 Å². The molecule has 1 aromatic rings. The predicted octanol–water partition coefficient (Wildman–Crippen LogP) is 5.70. The Kier molecular flexibility index (Phi) is 4.59. The fourth-order valence-corrected chi connectivity index (χ4v) is 7.63. The SMILES string of the molecule is CCOc1c(CNC23CC4C[C@@](C)(C2)C[C@](C)(C4)C3)cc(Br)cc1OC. The van der Waals surface area contributed by atoms with Crippen molar-refractivity contribution < 1.29 is 9.47 Å². The lowest BCUT2D eigenvalue weighted by molar-refractivity contribution is -0.118. The molecule has 0 radical (unpaired) electrons. The summed E-state index contributed by atoms with van der Waals surface area (Å²) in [4.78, 5) is 0. The average molecular weight is 422 g/mol. The largest absolute Gasteiger partial charge is 0.493 e. The molecule has 144 valence electrons. The van der Waals surface area contributed by atoms with Crippen LogP contribution in [0.15, 0.2) is 16.6 Å². The van der Waals surface area contributed by atoms with Crippen molar-refractivity contribution in [2.75, 3.05) is 13.7 Å². The second-order valence-corrected chi connectivity index (χ2v) is 10.7. The van der Waals surface area contributed by atoms with Crippen molar-refractivity contribution in [2.45, 2.75) is 71.4 Å². The Bertz CT molecular complexity index is 686. The highest BCUT2D eigenvalue weighted by Crippen LogP contribution is 2.66. The normalized spacial score (nSPS) is 37.8. The highest BCUT2D eigenvalue weighted by molar-refractivity contribution is 9.10. The van der Waals surface area contributed by atoms with Gasteiger partial charge in [-0.3, -0.25) is 0 Å². The van der Waals surface area contributed by atoms with E-state index in [9.17, 15) is 0 Å². The third kappa shape index (κ3) is 3.28. The van der Waals surface area contributed by atoms with Gasteiger partial charge in [0, 0.05) is 22.1 Å². The van der Waals surface area contributed by atoms with E-state index < -0.39 is 0 Å². The number of hydrogen-bond donors (Lipinski definition) is 1. The zero-order valence-corrected chi connectivity index (χ0v) is 18.2. The second kappa shape index (κ2) is 6.41. The van der Waals surface area contributed by atoms with Gasteiger partial charge in [-0.15, -0.1) is 0 Å². The van der Waals surface area contributed by atoms with E-state index in [-0.39, 0.29) is 0 Å². The smallest absolute Gasteiger partial charge is 0.165 e. The van der Waals surface area contributed by atoms with Crippen molar-refractivity contribution >= 4 is 15.9 Å². The zero-order valence-electron chi connectivity index (χ0n) is 16.6. The predicted molar refractivity (Wildman–Crippen MR) is 109 cm³/mol. The summed E-state index contributed by atoms with van der Waals surface area (Å²) in [5, 5.41) is 4.01. The molecular weight excluding hydrogens is 390 g/mol. The van der Waals surface area contributed by atoms with Gasteiger partial charge < -0.3 is 14.8 Å². The maximum atomic E-state index is 5.94. The van der Waals surface area contributed by atoms with Crippen LogP contribution in [-0.4, -0.2) is 19.3 Å². The number of ether oxygens (including phenoxy) is 2. The number of methoxy groups -OCH3 is 1. The number of halogens is 1. The molecule has 0 spiro atoms. The van der Waals surface area contributed by atoms with Gasteiger partial charge in [0.2, 0.25) is 0 Å². The monoisotopic (exact) mass is 421 g/mol. The minimum atomic E-state index is 0.294. The van der Waals surface area contributed by atoms with Crippen molar-refractivity contribution in [1.29, 1.82) is 0 Å². The minimum Gasteiger partial charge on any atom is -0.493 e. The third-order valence-corrected chi connectivity index (χ3v) is 7.34. The standard InChI is InChI=1S/C22H32BrNO2/c1-5-26-19-16(6-17(23)7-18(19)25-4)11-24-22-10-15-8-20(2,13-22)12-21(3,9-15)14-22/h6-7,15,24H,5,8-14H2,1-4H3/t15?,20-,21+,22?. The molecule has 0 saturated heterocycles. The van der Waals surface area contributed by atoms with Crippen molar-refractivity contribution in [1.82, 2.24) is 5.32 Å². The van der Waals surface area contributed by atoms with Crippen LogP contribution >= 0.6 is 15.9 Å². The Morgan fingerprint density at radius 3 is 2.38 bits per heavy atom. The van der Waals surface area contributed by atoms with E-state index in [0.717, 1.165) is 28.4 Å². The van der Waals surface area contributed by atoms with Crippen LogP contribution in [0.4, 0.5) is 0 Å². The lowest BCUT2D eigenvalue weighted by Gasteiger charge is -2.65. The Balaban J connectivity index is 1.59. The van der Waals surface area contributed by atoms with Crippen LogP contribution in [0.1, 0.15) is 64.9 Å². The van der Waals surface area contributed by atoms with Gasteiger partial charge in [0.15, 0.2) is 11.5 Å². The molecule has 4 heteroatoms. The van der Waals surface area contributed by atoms with E-state index in [1.54, 1.807) is 7.11 Å². The lowest BCUT2D eigenvalue weighted by atomic mass is 9.43. The van der Waals surface area contributed by atoms with Gasteiger partial charge in [0.25, 0.3) is 0 Å². The van der Waals surface area contributed by atoms with Crippen LogP contribution in [0.2, 0.25) is 0 Å². The molecule has 1 N–H and O–H groups in total. The Morgan fingerprint density at radius 2 is 1.81 bits per heavy atom. The Morgan fingerprint density at radius 1 is 1.12 bits per heavy atom. The molecule has 4 bridgehead atoms. The molecule has 0 amide bonds. The summed E-state index contributed by atoms with van der Waals surface area (Å²) in [6.07, 6.45) is 8.26. The molecule has 0 aliphatic heterocycles. The van der Waals surface area contributed by atoms with Gasteiger partial charge in [-0.2, -0.15) is 0 Å². The first kappa shape index (κ1) is 18.6. The topological polar surface area (TPSA) is 30.5 Å². The highest BCUT2D eigenvalue weighted by Gasteiger charge is 2.59. The lowest BCUT2D eigenvalue weighted by Crippen LogP contribution is -2.63. The van der Waals surface area contributed by atoms with Gasteiger partial charge in [-0.05, 0) is 74.3 Å². The van der Waals surface area contributed by atoms with Crippen LogP contribution in [0.25, 0.3) is 0 Å². The fourth-order valence-electron chi connectivity index (χ4n) is 7.14. The first-order chi connectivity index (χ1) is 12.3. The summed E-state index contributed by atoms with van der Waals surface area (Å²) >= 11 is 3.63. The average Bonchev–Trinajstić information content (AvgIpc) is 2.51. The number of benzene rings is 1. The van der Waals surface area contributed by atoms with Crippen molar-refractivity contribution in [3.8, 4) is 11.5 Å². The van der Waals surface area contributed by atoms with Crippen molar-refractivity contribution in [2.24, 2.45) is 16.7 Å². The number of hydrogen-bond acceptors (Lipinski definition) is 3. The molecular formula is C22H32BrNO2. The molecule has 4 atom stereocenters. The summed E-state index contributed by atoms with van der Waals surface area (Å²) in [5.41, 5.74) is 2.53. The number of rotatable bonds is 6. The van der Waals surface area contributed by atoms with Crippen LogP contribution in [0.3, 0.4) is 0 Å². The maximum absolute atomic E-state index is 5.94. The highest BCUT2D eigenvalue weighted by atomic mass is 79.9. The maximum Gasteiger partial charge on any atom is 0.165 e. The molecule has 0 aromatic heterocycles. The summed E-state index contributed by atoms with van der Waals surface area (Å²) in [6.45, 7) is 8.57. The fraction of sp³-hybridized carbons (Fsp3) is 0.727. The van der Waals surface area contributed by atoms with Gasteiger partial charge in [-0.25, -0.2) is 0 Å². The van der Waals surface area contributed by atoms with Crippen LogP contribution in [0.5, 0.6) is 11.5 Å². The molecule has 26 heavy (non-hydrogen) atoms. The first-order valence-corrected chi connectivity index (χ1v) is 10.8. The Hall–Kier alpha value is -0.740. The minimum absolute atomic E-state index is 0.294. The molecule has 5 rings (SSSR count). The van der Waals surface area contributed by atoms with E-state index in [2.05, 4.69) is 41.2 Å². The zero-order chi connectivity index (χ0) is 18.6. The van der Waals surface area contributed by atoms with Crippen molar-refractivity contribution in [3.63, 3.8) is 0 Å². The summed E-state index contributed by atoms with van der Waals surface area (Å²) in [6, 6.07) is 4.16. The molecule has 0 heterocycles. The van der Waals surface area contributed by atoms with E-state index in [1.165, 1.54) is 44.1 Å². The summed E-state index contributed by atoms with van der Waals surface area (Å²) in [5.74, 6) is 2.59. The van der Waals surface area contributed by atoms with E-state index in [0.29, 0.717) is 23.0 Å². The molecule has 3 nitrogen and oxygen atoms in total. The van der Waals surface area contributed by atoms with Gasteiger partial charge in [-0.1, -0.05) is 29.8 Å². The number of nitrogens with one attached hydrogen (secondary N) is 1. The molecule has 4 fully saturated rings. The molecule has 1 aromatic carbocycles. The summed E-state index contributed by atoms with van der Waals surface area (Å²) in [7, 11) is 1.71. The van der Waals surface area contributed by atoms with Crippen LogP contribution in [0, 0.1) is 16.7 Å². The van der Waals surface area contributed by atoms with E-state index in [1.807, 2.05) is 13.0 Å². The molecule has 4 aliphatic rings. The summed E-state index contributed by atoms with van der Waals surface area (Å²) < 4.78 is 12.5. The molecule has 2 unspecified atom stereocenters. The van der Waals surface area contributed by atoms with Crippen LogP contribution in [-0.2, 0) is 6.54 Å². The first-order valence-electron chi connectivity index (χ1n) is 10.0.